The number of benzene rings is 2. The quantitative estimate of drug-likeness (QED) is 0.809. The lowest BCUT2D eigenvalue weighted by molar-refractivity contribution is -0.159. The SMILES string of the molecule is Cc1cccc(N2CCN(Cc3ccccc3)CC2)c1C.O=C(O)C(=O)O. The van der Waals surface area contributed by atoms with Crippen LogP contribution in [-0.2, 0) is 16.1 Å². The van der Waals surface area contributed by atoms with Crippen LogP contribution in [0.15, 0.2) is 48.5 Å². The second-order valence-electron chi connectivity index (χ2n) is 6.58. The Morgan fingerprint density at radius 3 is 2.00 bits per heavy atom. The van der Waals surface area contributed by atoms with Crippen molar-refractivity contribution >= 4 is 17.6 Å². The van der Waals surface area contributed by atoms with E-state index in [1.165, 1.54) is 22.4 Å². The van der Waals surface area contributed by atoms with Gasteiger partial charge in [-0.1, -0.05) is 42.5 Å². The summed E-state index contributed by atoms with van der Waals surface area (Å²) in [7, 11) is 0. The summed E-state index contributed by atoms with van der Waals surface area (Å²) in [5.74, 6) is -3.65. The van der Waals surface area contributed by atoms with Gasteiger partial charge in [0.05, 0.1) is 0 Å². The molecule has 2 aromatic carbocycles. The second kappa shape index (κ2) is 9.73. The number of hydrogen-bond donors (Lipinski definition) is 2. The van der Waals surface area contributed by atoms with E-state index in [0.717, 1.165) is 32.7 Å². The highest BCUT2D eigenvalue weighted by atomic mass is 16.4. The van der Waals surface area contributed by atoms with Crippen LogP contribution in [0, 0.1) is 13.8 Å². The second-order valence-corrected chi connectivity index (χ2v) is 6.58. The fourth-order valence-electron chi connectivity index (χ4n) is 3.07. The lowest BCUT2D eigenvalue weighted by Gasteiger charge is -2.37. The predicted octanol–water partition coefficient (Wildman–Crippen LogP) is 2.78. The van der Waals surface area contributed by atoms with Crippen molar-refractivity contribution in [3.8, 4) is 0 Å². The van der Waals surface area contributed by atoms with Crippen LogP contribution < -0.4 is 4.90 Å². The first-order chi connectivity index (χ1) is 12.9. The molecule has 6 nitrogen and oxygen atoms in total. The van der Waals surface area contributed by atoms with Gasteiger partial charge in [-0.3, -0.25) is 4.90 Å². The maximum absolute atomic E-state index is 9.10. The molecule has 0 unspecified atom stereocenters. The van der Waals surface area contributed by atoms with E-state index in [1.807, 2.05) is 0 Å². The molecule has 144 valence electrons. The number of aryl methyl sites for hydroxylation is 1. The monoisotopic (exact) mass is 370 g/mol. The largest absolute Gasteiger partial charge is 0.473 e. The van der Waals surface area contributed by atoms with Crippen molar-refractivity contribution in [1.82, 2.24) is 4.90 Å². The summed E-state index contributed by atoms with van der Waals surface area (Å²) < 4.78 is 0. The molecule has 0 bridgehead atoms. The molecule has 2 aromatic rings. The molecule has 6 heteroatoms. The molecule has 1 aliphatic heterocycles. The Kier molecular flexibility index (Phi) is 7.37. The van der Waals surface area contributed by atoms with Gasteiger partial charge in [-0.25, -0.2) is 9.59 Å². The van der Waals surface area contributed by atoms with Gasteiger partial charge in [-0.15, -0.1) is 0 Å². The first-order valence-corrected chi connectivity index (χ1v) is 8.92. The number of nitrogens with zero attached hydrogens (tertiary/aromatic N) is 2. The molecule has 3 rings (SSSR count). The Hall–Kier alpha value is -2.86. The van der Waals surface area contributed by atoms with Gasteiger partial charge in [-0.2, -0.15) is 0 Å². The molecule has 0 spiro atoms. The minimum atomic E-state index is -1.82. The third-order valence-electron chi connectivity index (χ3n) is 4.72. The Labute approximate surface area is 159 Å². The van der Waals surface area contributed by atoms with Crippen LogP contribution in [0.2, 0.25) is 0 Å². The van der Waals surface area contributed by atoms with E-state index in [0.29, 0.717) is 0 Å². The number of piperazine rings is 1. The average molecular weight is 370 g/mol. The Balaban J connectivity index is 0.000000380. The molecule has 0 amide bonds. The molecule has 0 radical (unpaired) electrons. The van der Waals surface area contributed by atoms with Crippen molar-refractivity contribution in [2.24, 2.45) is 0 Å². The molecule has 27 heavy (non-hydrogen) atoms. The van der Waals surface area contributed by atoms with Gasteiger partial charge in [0.1, 0.15) is 0 Å². The lowest BCUT2D eigenvalue weighted by atomic mass is 10.1. The van der Waals surface area contributed by atoms with Gasteiger partial charge in [-0.05, 0) is 36.6 Å². The minimum absolute atomic E-state index is 1.07. The van der Waals surface area contributed by atoms with Crippen molar-refractivity contribution in [2.45, 2.75) is 20.4 Å². The van der Waals surface area contributed by atoms with Gasteiger partial charge in [0.2, 0.25) is 0 Å². The van der Waals surface area contributed by atoms with E-state index in [9.17, 15) is 0 Å². The number of hydrogen-bond acceptors (Lipinski definition) is 4. The summed E-state index contributed by atoms with van der Waals surface area (Å²) in [5.41, 5.74) is 5.64. The summed E-state index contributed by atoms with van der Waals surface area (Å²) in [5, 5.41) is 14.8. The van der Waals surface area contributed by atoms with Crippen molar-refractivity contribution in [2.75, 3.05) is 31.1 Å². The molecule has 1 heterocycles. The van der Waals surface area contributed by atoms with Crippen molar-refractivity contribution in [3.63, 3.8) is 0 Å². The van der Waals surface area contributed by atoms with Gasteiger partial charge >= 0.3 is 11.9 Å². The van der Waals surface area contributed by atoms with Crippen LogP contribution in [0.25, 0.3) is 0 Å². The molecular weight excluding hydrogens is 344 g/mol. The molecule has 0 atom stereocenters. The van der Waals surface area contributed by atoms with Crippen molar-refractivity contribution < 1.29 is 19.8 Å². The lowest BCUT2D eigenvalue weighted by Crippen LogP contribution is -2.46. The number of carbonyl (C=O) groups is 2. The first kappa shape index (κ1) is 20.5. The molecule has 1 saturated heterocycles. The van der Waals surface area contributed by atoms with Crippen LogP contribution in [0.3, 0.4) is 0 Å². The average Bonchev–Trinajstić information content (AvgIpc) is 2.66. The number of rotatable bonds is 3. The highest BCUT2D eigenvalue weighted by molar-refractivity contribution is 6.27. The van der Waals surface area contributed by atoms with Crippen molar-refractivity contribution in [3.05, 3.63) is 65.2 Å². The minimum Gasteiger partial charge on any atom is -0.473 e. The summed E-state index contributed by atoms with van der Waals surface area (Å²) in [4.78, 5) is 23.3. The normalized spacial score (nSPS) is 14.2. The van der Waals surface area contributed by atoms with Crippen LogP contribution in [0.1, 0.15) is 16.7 Å². The van der Waals surface area contributed by atoms with E-state index < -0.39 is 11.9 Å². The Morgan fingerprint density at radius 2 is 1.44 bits per heavy atom. The summed E-state index contributed by atoms with van der Waals surface area (Å²) >= 11 is 0. The topological polar surface area (TPSA) is 81.1 Å². The molecule has 2 N–H and O–H groups in total. The van der Waals surface area contributed by atoms with Gasteiger partial charge in [0.25, 0.3) is 0 Å². The van der Waals surface area contributed by atoms with Crippen LogP contribution in [0.5, 0.6) is 0 Å². The zero-order valence-corrected chi connectivity index (χ0v) is 15.8. The fourth-order valence-corrected chi connectivity index (χ4v) is 3.07. The highest BCUT2D eigenvalue weighted by Crippen LogP contribution is 2.24. The van der Waals surface area contributed by atoms with Crippen molar-refractivity contribution in [1.29, 1.82) is 0 Å². The van der Waals surface area contributed by atoms with Crippen LogP contribution in [-0.4, -0.2) is 53.2 Å². The zero-order valence-electron chi connectivity index (χ0n) is 15.8. The van der Waals surface area contributed by atoms with Crippen LogP contribution in [0.4, 0.5) is 5.69 Å². The van der Waals surface area contributed by atoms with E-state index >= 15 is 0 Å². The Morgan fingerprint density at radius 1 is 0.852 bits per heavy atom. The predicted molar refractivity (Wildman–Crippen MR) is 105 cm³/mol. The van der Waals surface area contributed by atoms with E-state index in [2.05, 4.69) is 72.2 Å². The zero-order chi connectivity index (χ0) is 19.8. The van der Waals surface area contributed by atoms with E-state index in [-0.39, 0.29) is 0 Å². The third kappa shape index (κ3) is 6.11. The molecule has 0 aromatic heterocycles. The standard InChI is InChI=1S/C19H24N2.C2H2O4/c1-16-7-6-10-19(17(16)2)21-13-11-20(12-14-21)15-18-8-4-3-5-9-18;3-1(4)2(5)6/h3-10H,11-15H2,1-2H3;(H,3,4)(H,5,6). The first-order valence-electron chi connectivity index (χ1n) is 8.92. The van der Waals surface area contributed by atoms with Gasteiger partial charge in [0.15, 0.2) is 0 Å². The fraction of sp³-hybridized carbons (Fsp3) is 0.333. The maximum atomic E-state index is 9.10. The number of aliphatic carboxylic acids is 2. The maximum Gasteiger partial charge on any atom is 0.414 e. The summed E-state index contributed by atoms with van der Waals surface area (Å²) in [6.45, 7) is 10.0. The van der Waals surface area contributed by atoms with Crippen LogP contribution >= 0.6 is 0 Å². The van der Waals surface area contributed by atoms with E-state index in [1.54, 1.807) is 0 Å². The molecular formula is C21H26N2O4. The molecule has 1 aliphatic rings. The molecule has 0 saturated carbocycles. The smallest absolute Gasteiger partial charge is 0.414 e. The number of anilines is 1. The summed E-state index contributed by atoms with van der Waals surface area (Å²) in [6.07, 6.45) is 0. The summed E-state index contributed by atoms with van der Waals surface area (Å²) in [6, 6.07) is 17.4. The highest BCUT2D eigenvalue weighted by Gasteiger charge is 2.18. The molecule has 1 fully saturated rings. The molecule has 0 aliphatic carbocycles. The van der Waals surface area contributed by atoms with Gasteiger partial charge in [0, 0.05) is 38.4 Å². The number of carboxylic acid groups (broad SMARTS) is 2. The third-order valence-corrected chi connectivity index (χ3v) is 4.72. The van der Waals surface area contributed by atoms with E-state index in [4.69, 9.17) is 19.8 Å². The Bertz CT molecular complexity index is 757. The van der Waals surface area contributed by atoms with Gasteiger partial charge < -0.3 is 15.1 Å². The number of carboxylic acids is 2.